The first-order valence-electron chi connectivity index (χ1n) is 5.11. The minimum Gasteiger partial charge on any atom is -1.00 e. The Hall–Kier alpha value is -0.300. The number of rotatable bonds is 1. The van der Waals surface area contributed by atoms with E-state index in [0.29, 0.717) is 0 Å². The number of carbonyl (C=O) groups is 2. The normalized spacial score (nSPS) is 24.1. The Bertz CT molecular complexity index is 307. The van der Waals surface area contributed by atoms with E-state index < -0.39 is 29.8 Å². The fourth-order valence-electron chi connectivity index (χ4n) is 1.57. The molecule has 1 unspecified atom stereocenters. The van der Waals surface area contributed by atoms with Crippen LogP contribution >= 0.6 is 0 Å². The molecule has 94 valence electrons. The molecule has 0 aromatic heterocycles. The zero-order chi connectivity index (χ0) is 12.5. The summed E-state index contributed by atoms with van der Waals surface area (Å²) in [6.45, 7) is 5.11. The number of likely N-dealkylation sites (tertiary alicyclic amines) is 1. The number of aliphatic hydroxyl groups excluding tert-OH is 1. The van der Waals surface area contributed by atoms with Gasteiger partial charge in [-0.25, -0.2) is 9.59 Å². The van der Waals surface area contributed by atoms with Crippen molar-refractivity contribution in [1.29, 1.82) is 0 Å². The third kappa shape index (κ3) is 4.83. The second kappa shape index (κ2) is 6.04. The molecule has 6 nitrogen and oxygen atoms in total. The van der Waals surface area contributed by atoms with E-state index in [4.69, 9.17) is 9.84 Å². The SMILES string of the molecule is CC(C)(C)OC(=O)N1C[C@H](O)CC1C(=O)O.[H-].[Na+]. The first-order chi connectivity index (χ1) is 7.20. The average molecular weight is 255 g/mol. The third-order valence-corrected chi connectivity index (χ3v) is 2.19. The summed E-state index contributed by atoms with van der Waals surface area (Å²) in [5.74, 6) is -1.12. The van der Waals surface area contributed by atoms with Crippen molar-refractivity contribution in [2.75, 3.05) is 6.54 Å². The van der Waals surface area contributed by atoms with Crippen LogP contribution in [0.15, 0.2) is 0 Å². The number of aliphatic carboxylic acids is 1. The molecule has 0 bridgehead atoms. The van der Waals surface area contributed by atoms with E-state index in [1.54, 1.807) is 20.8 Å². The van der Waals surface area contributed by atoms with Crippen LogP contribution in [0.2, 0.25) is 0 Å². The van der Waals surface area contributed by atoms with Crippen LogP contribution in [0.4, 0.5) is 4.79 Å². The molecule has 0 aromatic rings. The molecule has 0 radical (unpaired) electrons. The van der Waals surface area contributed by atoms with Gasteiger partial charge < -0.3 is 16.4 Å². The molecule has 0 aromatic carbocycles. The van der Waals surface area contributed by atoms with Gasteiger partial charge >= 0.3 is 41.6 Å². The van der Waals surface area contributed by atoms with Gasteiger partial charge in [0.1, 0.15) is 11.6 Å². The number of carboxylic acids is 1. The Kier molecular flexibility index (Phi) is 5.93. The largest absolute Gasteiger partial charge is 1.00 e. The van der Waals surface area contributed by atoms with Crippen LogP contribution in [0.3, 0.4) is 0 Å². The van der Waals surface area contributed by atoms with Crippen molar-refractivity contribution in [3.05, 3.63) is 0 Å². The number of nitrogens with zero attached hydrogens (tertiary/aromatic N) is 1. The number of aliphatic hydroxyl groups is 1. The molecule has 7 heteroatoms. The van der Waals surface area contributed by atoms with E-state index in [1.165, 1.54) is 0 Å². The summed E-state index contributed by atoms with van der Waals surface area (Å²) in [6, 6.07) is -0.996. The van der Waals surface area contributed by atoms with Crippen molar-refractivity contribution in [3.8, 4) is 0 Å². The summed E-state index contributed by atoms with van der Waals surface area (Å²) in [5.41, 5.74) is -0.673. The van der Waals surface area contributed by atoms with Gasteiger partial charge in [0, 0.05) is 6.42 Å². The maximum Gasteiger partial charge on any atom is 1.00 e. The number of carboxylic acid groups (broad SMARTS) is 1. The summed E-state index contributed by atoms with van der Waals surface area (Å²) >= 11 is 0. The maximum absolute atomic E-state index is 11.7. The fraction of sp³-hybridized carbons (Fsp3) is 0.800. The molecule has 0 spiro atoms. The first kappa shape index (κ1) is 16.7. The number of β-amino-alcohol motifs (C(OH)–C–C–N with tert-alkyl or cyclic N) is 1. The van der Waals surface area contributed by atoms with Gasteiger partial charge in [-0.1, -0.05) is 0 Å². The van der Waals surface area contributed by atoms with Crippen molar-refractivity contribution in [2.45, 2.75) is 44.9 Å². The maximum atomic E-state index is 11.7. The first-order valence-corrected chi connectivity index (χ1v) is 5.11. The molecule has 1 amide bonds. The molecular weight excluding hydrogens is 237 g/mol. The Labute approximate surface area is 124 Å². The second-order valence-electron chi connectivity index (χ2n) is 4.88. The van der Waals surface area contributed by atoms with Crippen LogP contribution in [0.5, 0.6) is 0 Å². The smallest absolute Gasteiger partial charge is 1.00 e. The summed E-state index contributed by atoms with van der Waals surface area (Å²) < 4.78 is 5.06. The monoisotopic (exact) mass is 255 g/mol. The number of amides is 1. The van der Waals surface area contributed by atoms with Gasteiger partial charge in [-0.3, -0.25) is 4.90 Å². The van der Waals surface area contributed by atoms with Gasteiger partial charge in [0.15, 0.2) is 0 Å². The summed E-state index contributed by atoms with van der Waals surface area (Å²) in [5, 5.41) is 18.2. The minimum atomic E-state index is -1.12. The van der Waals surface area contributed by atoms with Crippen LogP contribution in [-0.2, 0) is 9.53 Å². The standard InChI is InChI=1S/C10H17NO5.Na.H/c1-10(2,3)16-9(15)11-5-6(12)4-7(11)8(13)14;;/h6-7,12H,4-5H2,1-3H3,(H,13,14);;/q;+1;-1/t6-,7?;;/m1../s1. The molecule has 0 aliphatic carbocycles. The molecule has 1 heterocycles. The second-order valence-corrected chi connectivity index (χ2v) is 4.88. The average Bonchev–Trinajstić information content (AvgIpc) is 2.44. The van der Waals surface area contributed by atoms with Crippen molar-refractivity contribution < 1.29 is 55.5 Å². The zero-order valence-corrected chi connectivity index (χ0v) is 12.6. The van der Waals surface area contributed by atoms with Crippen molar-refractivity contribution in [2.24, 2.45) is 0 Å². The van der Waals surface area contributed by atoms with Crippen molar-refractivity contribution in [3.63, 3.8) is 0 Å². The molecule has 1 aliphatic heterocycles. The topological polar surface area (TPSA) is 87.1 Å². The quantitative estimate of drug-likeness (QED) is 0.508. The van der Waals surface area contributed by atoms with E-state index in [1.807, 2.05) is 0 Å². The van der Waals surface area contributed by atoms with Gasteiger partial charge in [0.25, 0.3) is 0 Å². The van der Waals surface area contributed by atoms with Crippen LogP contribution in [0.1, 0.15) is 28.6 Å². The predicted octanol–water partition coefficient (Wildman–Crippen LogP) is -2.44. The summed E-state index contributed by atoms with van der Waals surface area (Å²) in [7, 11) is 0. The molecule has 2 N–H and O–H groups in total. The third-order valence-electron chi connectivity index (χ3n) is 2.19. The van der Waals surface area contributed by atoms with Crippen LogP contribution in [0, 0.1) is 0 Å². The number of hydrogen-bond acceptors (Lipinski definition) is 4. The Morgan fingerprint density at radius 1 is 1.41 bits per heavy atom. The van der Waals surface area contributed by atoms with E-state index >= 15 is 0 Å². The molecule has 17 heavy (non-hydrogen) atoms. The molecular formula is C10H18NNaO5. The molecule has 1 fully saturated rings. The number of ether oxygens (including phenoxy) is 1. The fourth-order valence-corrected chi connectivity index (χ4v) is 1.57. The van der Waals surface area contributed by atoms with E-state index in [0.717, 1.165) is 4.90 Å². The van der Waals surface area contributed by atoms with E-state index in [9.17, 15) is 14.7 Å². The molecule has 2 atom stereocenters. The Balaban J connectivity index is 0. The molecule has 0 saturated carbocycles. The zero-order valence-electron chi connectivity index (χ0n) is 11.6. The van der Waals surface area contributed by atoms with Gasteiger partial charge in [-0.05, 0) is 20.8 Å². The van der Waals surface area contributed by atoms with E-state index in [2.05, 4.69) is 0 Å². The minimum absolute atomic E-state index is 0. The van der Waals surface area contributed by atoms with Gasteiger partial charge in [0.05, 0.1) is 12.6 Å². The number of hydrogen-bond donors (Lipinski definition) is 2. The Morgan fingerprint density at radius 2 is 1.94 bits per heavy atom. The molecule has 1 rings (SSSR count). The van der Waals surface area contributed by atoms with Gasteiger partial charge in [-0.2, -0.15) is 0 Å². The molecule has 1 saturated heterocycles. The van der Waals surface area contributed by atoms with E-state index in [-0.39, 0.29) is 43.9 Å². The summed E-state index contributed by atoms with van der Waals surface area (Å²) in [6.07, 6.45) is -1.45. The summed E-state index contributed by atoms with van der Waals surface area (Å²) in [4.78, 5) is 23.6. The van der Waals surface area contributed by atoms with Crippen LogP contribution in [0.25, 0.3) is 0 Å². The van der Waals surface area contributed by atoms with Gasteiger partial charge in [-0.15, -0.1) is 0 Å². The van der Waals surface area contributed by atoms with Crippen molar-refractivity contribution >= 4 is 12.1 Å². The molecule has 1 aliphatic rings. The predicted molar refractivity (Wildman–Crippen MR) is 56.1 cm³/mol. The number of carbonyl (C=O) groups excluding carboxylic acids is 1. The van der Waals surface area contributed by atoms with Gasteiger partial charge in [0.2, 0.25) is 0 Å². The van der Waals surface area contributed by atoms with Crippen molar-refractivity contribution in [1.82, 2.24) is 4.90 Å². The van der Waals surface area contributed by atoms with Crippen LogP contribution < -0.4 is 29.6 Å². The van der Waals surface area contributed by atoms with Crippen LogP contribution in [-0.4, -0.2) is 51.5 Å². The Morgan fingerprint density at radius 3 is 2.35 bits per heavy atom.